The Morgan fingerprint density at radius 2 is 2.10 bits per heavy atom. The molecule has 0 radical (unpaired) electrons. The predicted molar refractivity (Wildman–Crippen MR) is 83.4 cm³/mol. The second-order valence-electron chi connectivity index (χ2n) is 5.96. The van der Waals surface area contributed by atoms with Crippen LogP contribution < -0.4 is 10.1 Å². The molecular formula is C17H23N3O. The monoisotopic (exact) mass is 285 g/mol. The summed E-state index contributed by atoms with van der Waals surface area (Å²) in [6, 6.07) is 9.50. The number of ether oxygens (including phenoxy) is 1. The first-order valence-corrected chi connectivity index (χ1v) is 7.64. The lowest BCUT2D eigenvalue weighted by Crippen LogP contribution is -2.22. The largest absolute Gasteiger partial charge is 0.486 e. The molecule has 4 nitrogen and oxygen atoms in total. The first-order valence-electron chi connectivity index (χ1n) is 7.64. The van der Waals surface area contributed by atoms with Crippen LogP contribution in [0, 0.1) is 0 Å². The van der Waals surface area contributed by atoms with Crippen molar-refractivity contribution in [2.24, 2.45) is 7.05 Å². The van der Waals surface area contributed by atoms with Crippen LogP contribution in [0.25, 0.3) is 0 Å². The molecule has 0 spiro atoms. The van der Waals surface area contributed by atoms with E-state index in [0.29, 0.717) is 12.5 Å². The van der Waals surface area contributed by atoms with Crippen molar-refractivity contribution in [2.45, 2.75) is 38.3 Å². The third kappa shape index (κ3) is 4.08. The maximum Gasteiger partial charge on any atom is 0.157 e. The first-order chi connectivity index (χ1) is 10.2. The second-order valence-corrected chi connectivity index (χ2v) is 5.96. The summed E-state index contributed by atoms with van der Waals surface area (Å²) in [5.74, 6) is 1.36. The predicted octanol–water partition coefficient (Wildman–Crippen LogP) is 2.85. The number of nitrogens with zero attached hydrogens (tertiary/aromatic N) is 2. The van der Waals surface area contributed by atoms with Gasteiger partial charge in [-0.05, 0) is 29.9 Å². The zero-order valence-corrected chi connectivity index (χ0v) is 12.7. The standard InChI is InChI=1S/C17H23N3O/c1-13(9-18-16-7-8-16)15-5-3-14(4-6-15)12-21-17-10-19-20(2)11-17/h3-6,10-11,13,16,18H,7-9,12H2,1-2H3. The van der Waals surface area contributed by atoms with Gasteiger partial charge in [-0.15, -0.1) is 0 Å². The van der Waals surface area contributed by atoms with Gasteiger partial charge in [-0.2, -0.15) is 5.10 Å². The van der Waals surface area contributed by atoms with Crippen molar-refractivity contribution in [3.05, 3.63) is 47.8 Å². The Bertz CT molecular complexity index is 572. The third-order valence-corrected chi connectivity index (χ3v) is 3.93. The van der Waals surface area contributed by atoms with Crippen molar-refractivity contribution in [3.8, 4) is 5.75 Å². The molecule has 0 saturated heterocycles. The van der Waals surface area contributed by atoms with Crippen molar-refractivity contribution in [3.63, 3.8) is 0 Å². The van der Waals surface area contributed by atoms with Crippen molar-refractivity contribution in [2.75, 3.05) is 6.54 Å². The van der Waals surface area contributed by atoms with Crippen LogP contribution in [-0.2, 0) is 13.7 Å². The van der Waals surface area contributed by atoms with E-state index in [-0.39, 0.29) is 0 Å². The lowest BCUT2D eigenvalue weighted by molar-refractivity contribution is 0.306. The highest BCUT2D eigenvalue weighted by atomic mass is 16.5. The minimum absolute atomic E-state index is 0.555. The number of rotatable bonds is 7. The van der Waals surface area contributed by atoms with Crippen LogP contribution in [0.15, 0.2) is 36.7 Å². The van der Waals surface area contributed by atoms with Gasteiger partial charge in [0.1, 0.15) is 6.61 Å². The summed E-state index contributed by atoms with van der Waals surface area (Å²) in [7, 11) is 1.89. The molecule has 1 aliphatic carbocycles. The molecule has 4 heteroatoms. The number of aromatic nitrogens is 2. The minimum atomic E-state index is 0.555. The zero-order valence-electron chi connectivity index (χ0n) is 12.7. The number of hydrogen-bond acceptors (Lipinski definition) is 3. The Hall–Kier alpha value is -1.81. The van der Waals surface area contributed by atoms with Gasteiger partial charge in [-0.1, -0.05) is 31.2 Å². The third-order valence-electron chi connectivity index (χ3n) is 3.93. The Morgan fingerprint density at radius 3 is 2.71 bits per heavy atom. The van der Waals surface area contributed by atoms with Gasteiger partial charge < -0.3 is 10.1 Å². The molecule has 1 aromatic carbocycles. The van der Waals surface area contributed by atoms with Crippen LogP contribution in [0.5, 0.6) is 5.75 Å². The van der Waals surface area contributed by atoms with E-state index < -0.39 is 0 Å². The van der Waals surface area contributed by atoms with E-state index in [4.69, 9.17) is 4.74 Å². The fraction of sp³-hybridized carbons (Fsp3) is 0.471. The molecular weight excluding hydrogens is 262 g/mol. The average Bonchev–Trinajstić information content (AvgIpc) is 3.24. The fourth-order valence-corrected chi connectivity index (χ4v) is 2.33. The SMILES string of the molecule is CC(CNC1CC1)c1ccc(COc2cnn(C)c2)cc1. The molecule has 1 N–H and O–H groups in total. The van der Waals surface area contributed by atoms with E-state index in [1.807, 2.05) is 13.2 Å². The van der Waals surface area contributed by atoms with Crippen LogP contribution in [0.4, 0.5) is 0 Å². The summed E-state index contributed by atoms with van der Waals surface area (Å²) in [6.45, 7) is 3.92. The number of benzene rings is 1. The van der Waals surface area contributed by atoms with Gasteiger partial charge in [0.05, 0.1) is 12.4 Å². The summed E-state index contributed by atoms with van der Waals surface area (Å²) < 4.78 is 7.45. The molecule has 21 heavy (non-hydrogen) atoms. The zero-order chi connectivity index (χ0) is 14.7. The number of hydrogen-bond donors (Lipinski definition) is 1. The van der Waals surface area contributed by atoms with Crippen molar-refractivity contribution in [1.29, 1.82) is 0 Å². The molecule has 1 saturated carbocycles. The number of aryl methyl sites for hydroxylation is 1. The molecule has 1 aliphatic rings. The van der Waals surface area contributed by atoms with E-state index in [9.17, 15) is 0 Å². The average molecular weight is 285 g/mol. The maximum atomic E-state index is 5.70. The molecule has 1 unspecified atom stereocenters. The summed E-state index contributed by atoms with van der Waals surface area (Å²) >= 11 is 0. The van der Waals surface area contributed by atoms with Crippen molar-refractivity contribution in [1.82, 2.24) is 15.1 Å². The lowest BCUT2D eigenvalue weighted by atomic mass is 10.00. The highest BCUT2D eigenvalue weighted by Crippen LogP contribution is 2.21. The second kappa shape index (κ2) is 6.31. The maximum absolute atomic E-state index is 5.70. The Kier molecular flexibility index (Phi) is 4.25. The molecule has 1 fully saturated rings. The first kappa shape index (κ1) is 14.1. The van der Waals surface area contributed by atoms with Gasteiger partial charge in [0.15, 0.2) is 5.75 Å². The van der Waals surface area contributed by atoms with Crippen LogP contribution >= 0.6 is 0 Å². The van der Waals surface area contributed by atoms with Crippen LogP contribution in [0.1, 0.15) is 36.8 Å². The summed E-state index contributed by atoms with van der Waals surface area (Å²) in [5, 5.41) is 7.68. The van der Waals surface area contributed by atoms with Gasteiger partial charge in [-0.3, -0.25) is 4.68 Å². The molecule has 1 heterocycles. The van der Waals surface area contributed by atoms with Crippen molar-refractivity contribution < 1.29 is 4.74 Å². The topological polar surface area (TPSA) is 39.1 Å². The van der Waals surface area contributed by atoms with E-state index in [2.05, 4.69) is 41.6 Å². The Balaban J connectivity index is 1.50. The van der Waals surface area contributed by atoms with Crippen LogP contribution in [-0.4, -0.2) is 22.4 Å². The summed E-state index contributed by atoms with van der Waals surface area (Å²) in [5.41, 5.74) is 2.57. The summed E-state index contributed by atoms with van der Waals surface area (Å²) in [6.07, 6.45) is 6.30. The molecule has 0 bridgehead atoms. The van der Waals surface area contributed by atoms with E-state index in [1.54, 1.807) is 10.9 Å². The number of nitrogens with one attached hydrogen (secondary N) is 1. The van der Waals surface area contributed by atoms with Gasteiger partial charge in [-0.25, -0.2) is 0 Å². The summed E-state index contributed by atoms with van der Waals surface area (Å²) in [4.78, 5) is 0. The molecule has 112 valence electrons. The molecule has 1 aromatic heterocycles. The van der Waals surface area contributed by atoms with Gasteiger partial charge in [0, 0.05) is 19.6 Å². The molecule has 2 aromatic rings. The van der Waals surface area contributed by atoms with E-state index in [0.717, 1.165) is 18.3 Å². The van der Waals surface area contributed by atoms with Gasteiger partial charge in [0.2, 0.25) is 0 Å². The minimum Gasteiger partial charge on any atom is -0.486 e. The molecule has 1 atom stereocenters. The lowest BCUT2D eigenvalue weighted by Gasteiger charge is -2.13. The normalized spacial score (nSPS) is 15.9. The molecule has 3 rings (SSSR count). The van der Waals surface area contributed by atoms with Crippen molar-refractivity contribution >= 4 is 0 Å². The van der Waals surface area contributed by atoms with E-state index >= 15 is 0 Å². The van der Waals surface area contributed by atoms with Gasteiger partial charge >= 0.3 is 0 Å². The van der Waals surface area contributed by atoms with E-state index in [1.165, 1.54) is 24.0 Å². The highest BCUT2D eigenvalue weighted by molar-refractivity contribution is 5.25. The quantitative estimate of drug-likeness (QED) is 0.850. The highest BCUT2D eigenvalue weighted by Gasteiger charge is 2.21. The molecule has 0 aliphatic heterocycles. The van der Waals surface area contributed by atoms with Crippen LogP contribution in [0.2, 0.25) is 0 Å². The van der Waals surface area contributed by atoms with Crippen LogP contribution in [0.3, 0.4) is 0 Å². The Labute approximate surface area is 126 Å². The smallest absolute Gasteiger partial charge is 0.157 e. The fourth-order valence-electron chi connectivity index (χ4n) is 2.33. The van der Waals surface area contributed by atoms with Gasteiger partial charge in [0.25, 0.3) is 0 Å². The molecule has 0 amide bonds. The Morgan fingerprint density at radius 1 is 1.33 bits per heavy atom.